The van der Waals surface area contributed by atoms with E-state index in [9.17, 15) is 4.79 Å². The molecule has 2 rings (SSSR count). The molecule has 2 aromatic heterocycles. The molecular formula is C15H16N2O2. The van der Waals surface area contributed by atoms with Gasteiger partial charge >= 0.3 is 0 Å². The second-order valence-electron chi connectivity index (χ2n) is 5.23. The minimum Gasteiger partial charge on any atom is -0.421 e. The highest BCUT2D eigenvalue weighted by atomic mass is 16.5. The fraction of sp³-hybridized carbons (Fsp3) is 0.267. The zero-order valence-electron chi connectivity index (χ0n) is 11.3. The van der Waals surface area contributed by atoms with Crippen molar-refractivity contribution >= 4 is 5.78 Å². The summed E-state index contributed by atoms with van der Waals surface area (Å²) in [7, 11) is 0. The van der Waals surface area contributed by atoms with Gasteiger partial charge in [0.2, 0.25) is 11.8 Å². The van der Waals surface area contributed by atoms with E-state index < -0.39 is 5.41 Å². The Morgan fingerprint density at radius 1 is 1.05 bits per heavy atom. The van der Waals surface area contributed by atoms with Crippen LogP contribution in [0.4, 0.5) is 0 Å². The van der Waals surface area contributed by atoms with Crippen molar-refractivity contribution in [2.24, 2.45) is 5.41 Å². The normalized spacial score (nSPS) is 11.1. The number of carbonyl (C=O) groups is 1. The monoisotopic (exact) mass is 256 g/mol. The van der Waals surface area contributed by atoms with E-state index in [-0.39, 0.29) is 5.78 Å². The Kier molecular flexibility index (Phi) is 3.60. The second-order valence-corrected chi connectivity index (χ2v) is 5.23. The molecular weight excluding hydrogens is 240 g/mol. The highest BCUT2D eigenvalue weighted by Crippen LogP contribution is 2.23. The van der Waals surface area contributed by atoms with E-state index in [0.717, 1.165) is 0 Å². The lowest BCUT2D eigenvalue weighted by molar-refractivity contribution is 0.0858. The average molecular weight is 256 g/mol. The van der Waals surface area contributed by atoms with Crippen molar-refractivity contribution < 1.29 is 9.53 Å². The molecule has 0 aliphatic rings. The number of pyridine rings is 2. The third-order valence-corrected chi connectivity index (χ3v) is 2.53. The van der Waals surface area contributed by atoms with Gasteiger partial charge in [-0.1, -0.05) is 26.8 Å². The summed E-state index contributed by atoms with van der Waals surface area (Å²) in [6.07, 6.45) is 3.21. The highest BCUT2D eigenvalue weighted by molar-refractivity contribution is 5.99. The minimum atomic E-state index is -0.427. The predicted molar refractivity (Wildman–Crippen MR) is 72.3 cm³/mol. The molecule has 2 heterocycles. The number of ketones is 1. The number of carbonyl (C=O) groups excluding carboxylic acids is 1. The first-order chi connectivity index (χ1) is 8.97. The van der Waals surface area contributed by atoms with E-state index in [4.69, 9.17) is 4.74 Å². The van der Waals surface area contributed by atoms with Crippen LogP contribution in [0.2, 0.25) is 0 Å². The molecule has 0 aliphatic heterocycles. The molecule has 0 saturated heterocycles. The highest BCUT2D eigenvalue weighted by Gasteiger charge is 2.23. The van der Waals surface area contributed by atoms with Crippen LogP contribution in [-0.2, 0) is 0 Å². The van der Waals surface area contributed by atoms with E-state index >= 15 is 0 Å². The van der Waals surface area contributed by atoms with E-state index in [2.05, 4.69) is 9.97 Å². The van der Waals surface area contributed by atoms with Gasteiger partial charge in [0.1, 0.15) is 0 Å². The van der Waals surface area contributed by atoms with Gasteiger partial charge in [-0.05, 0) is 12.1 Å². The van der Waals surface area contributed by atoms with Gasteiger partial charge in [0, 0.05) is 35.5 Å². The maximum atomic E-state index is 12.2. The average Bonchev–Trinajstić information content (AvgIpc) is 2.38. The maximum Gasteiger partial charge on any atom is 0.221 e. The summed E-state index contributed by atoms with van der Waals surface area (Å²) in [5, 5.41) is 0. The van der Waals surface area contributed by atoms with E-state index in [1.54, 1.807) is 36.7 Å². The van der Waals surface area contributed by atoms with Crippen LogP contribution in [0.3, 0.4) is 0 Å². The molecule has 0 aromatic carbocycles. The van der Waals surface area contributed by atoms with Crippen LogP contribution >= 0.6 is 0 Å². The summed E-state index contributed by atoms with van der Waals surface area (Å²) in [4.78, 5) is 20.3. The van der Waals surface area contributed by atoms with Crippen LogP contribution in [0.1, 0.15) is 31.1 Å². The first-order valence-electron chi connectivity index (χ1n) is 6.06. The van der Waals surface area contributed by atoms with Crippen LogP contribution in [0.15, 0.2) is 42.7 Å². The van der Waals surface area contributed by atoms with E-state index in [1.165, 1.54) is 0 Å². The molecule has 0 spiro atoms. The largest absolute Gasteiger partial charge is 0.421 e. The third kappa shape index (κ3) is 3.37. The summed E-state index contributed by atoms with van der Waals surface area (Å²) in [6.45, 7) is 5.65. The van der Waals surface area contributed by atoms with Gasteiger partial charge in [0.15, 0.2) is 5.78 Å². The zero-order chi connectivity index (χ0) is 13.9. The molecule has 4 heteroatoms. The lowest BCUT2D eigenvalue weighted by Crippen LogP contribution is -2.20. The van der Waals surface area contributed by atoms with Crippen LogP contribution in [0.5, 0.6) is 11.8 Å². The topological polar surface area (TPSA) is 52.1 Å². The molecule has 2 aromatic rings. The summed E-state index contributed by atoms with van der Waals surface area (Å²) in [5.74, 6) is 0.880. The zero-order valence-corrected chi connectivity index (χ0v) is 11.3. The fourth-order valence-electron chi connectivity index (χ4n) is 1.55. The lowest BCUT2D eigenvalue weighted by atomic mass is 9.87. The Bertz CT molecular complexity index is 574. The summed E-state index contributed by atoms with van der Waals surface area (Å²) in [6, 6.07) is 8.70. The van der Waals surface area contributed by atoms with E-state index in [0.29, 0.717) is 17.3 Å². The van der Waals surface area contributed by atoms with Gasteiger partial charge in [0.25, 0.3) is 0 Å². The molecule has 19 heavy (non-hydrogen) atoms. The molecule has 0 aliphatic carbocycles. The Morgan fingerprint density at radius 3 is 2.42 bits per heavy atom. The van der Waals surface area contributed by atoms with Crippen molar-refractivity contribution in [3.05, 3.63) is 48.3 Å². The van der Waals surface area contributed by atoms with Crippen molar-refractivity contribution in [3.63, 3.8) is 0 Å². The van der Waals surface area contributed by atoms with Crippen LogP contribution < -0.4 is 4.74 Å². The standard InChI is InChI=1S/C15H16N2O2/c1-15(2,3)14(18)11-7-9-17-13(10-11)19-12-6-4-5-8-16-12/h4-10H,1-3H3. The number of hydrogen-bond acceptors (Lipinski definition) is 4. The number of rotatable bonds is 3. The number of nitrogens with zero attached hydrogens (tertiary/aromatic N) is 2. The van der Waals surface area contributed by atoms with Gasteiger partial charge in [-0.2, -0.15) is 0 Å². The number of Topliss-reactive ketones (excluding diaryl/α,β-unsaturated/α-hetero) is 1. The molecule has 0 bridgehead atoms. The Labute approximate surface area is 112 Å². The van der Waals surface area contributed by atoms with Crippen molar-refractivity contribution in [2.45, 2.75) is 20.8 Å². The Balaban J connectivity index is 2.23. The van der Waals surface area contributed by atoms with Gasteiger partial charge in [-0.25, -0.2) is 9.97 Å². The number of ether oxygens (including phenoxy) is 1. The number of aromatic nitrogens is 2. The molecule has 0 amide bonds. The molecule has 0 N–H and O–H groups in total. The van der Waals surface area contributed by atoms with Crippen molar-refractivity contribution in [1.29, 1.82) is 0 Å². The van der Waals surface area contributed by atoms with Crippen molar-refractivity contribution in [2.75, 3.05) is 0 Å². The molecule has 0 unspecified atom stereocenters. The summed E-state index contributed by atoms with van der Waals surface area (Å²) >= 11 is 0. The number of hydrogen-bond donors (Lipinski definition) is 0. The molecule has 0 fully saturated rings. The maximum absolute atomic E-state index is 12.2. The SMILES string of the molecule is CC(C)(C)C(=O)c1ccnc(Oc2ccccn2)c1. The summed E-state index contributed by atoms with van der Waals surface area (Å²) in [5.41, 5.74) is 0.164. The quantitative estimate of drug-likeness (QED) is 0.789. The van der Waals surface area contributed by atoms with Gasteiger partial charge < -0.3 is 4.74 Å². The van der Waals surface area contributed by atoms with E-state index in [1.807, 2.05) is 26.8 Å². The van der Waals surface area contributed by atoms with Crippen LogP contribution in [0, 0.1) is 5.41 Å². The van der Waals surface area contributed by atoms with Crippen LogP contribution in [-0.4, -0.2) is 15.8 Å². The summed E-state index contributed by atoms with van der Waals surface area (Å²) < 4.78 is 5.51. The predicted octanol–water partition coefficient (Wildman–Crippen LogP) is 3.50. The molecule has 0 saturated carbocycles. The second kappa shape index (κ2) is 5.18. The third-order valence-electron chi connectivity index (χ3n) is 2.53. The molecule has 0 atom stereocenters. The first-order valence-corrected chi connectivity index (χ1v) is 6.06. The van der Waals surface area contributed by atoms with Crippen molar-refractivity contribution in [1.82, 2.24) is 9.97 Å². The van der Waals surface area contributed by atoms with Gasteiger partial charge in [-0.15, -0.1) is 0 Å². The molecule has 0 radical (unpaired) electrons. The van der Waals surface area contributed by atoms with Crippen LogP contribution in [0.25, 0.3) is 0 Å². The Hall–Kier alpha value is -2.23. The molecule has 98 valence electrons. The van der Waals surface area contributed by atoms with Gasteiger partial charge in [0.05, 0.1) is 0 Å². The molecule has 4 nitrogen and oxygen atoms in total. The first kappa shape index (κ1) is 13.2. The fourth-order valence-corrected chi connectivity index (χ4v) is 1.55. The lowest BCUT2D eigenvalue weighted by Gasteiger charge is -2.16. The smallest absolute Gasteiger partial charge is 0.221 e. The Morgan fingerprint density at radius 2 is 1.79 bits per heavy atom. The van der Waals surface area contributed by atoms with Crippen molar-refractivity contribution in [3.8, 4) is 11.8 Å². The van der Waals surface area contributed by atoms with Gasteiger partial charge in [-0.3, -0.25) is 4.79 Å². The minimum absolute atomic E-state index is 0.0563.